The van der Waals surface area contributed by atoms with Crippen molar-refractivity contribution in [2.24, 2.45) is 0 Å². The summed E-state index contributed by atoms with van der Waals surface area (Å²) in [6.45, 7) is 2.89. The first-order valence-corrected chi connectivity index (χ1v) is 11.7. The lowest BCUT2D eigenvalue weighted by Gasteiger charge is -2.45. The molecule has 1 heterocycles. The van der Waals surface area contributed by atoms with E-state index in [1.54, 1.807) is 9.80 Å². The Hall–Kier alpha value is -2.41. The Labute approximate surface area is 200 Å². The molecule has 3 aromatic rings. The Bertz CT molecular complexity index is 1170. The topological polar surface area (TPSA) is 60.9 Å². The number of nitrogens with zero attached hydrogens (tertiary/aromatic N) is 2. The molecule has 166 valence electrons. The van der Waals surface area contributed by atoms with E-state index in [2.05, 4.69) is 15.9 Å². The molecule has 1 aliphatic rings. The largest absolute Gasteiger partial charge is 0.480 e. The van der Waals surface area contributed by atoms with E-state index in [0.717, 1.165) is 26.4 Å². The van der Waals surface area contributed by atoms with Crippen molar-refractivity contribution in [3.8, 4) is 0 Å². The van der Waals surface area contributed by atoms with E-state index in [-0.39, 0.29) is 12.5 Å². The van der Waals surface area contributed by atoms with E-state index in [1.807, 2.05) is 67.6 Å². The molecule has 1 fully saturated rings. The maximum atomic E-state index is 13.2. The maximum absolute atomic E-state index is 13.2. The average Bonchev–Trinajstić information content (AvgIpc) is 2.78. The van der Waals surface area contributed by atoms with Crippen molar-refractivity contribution < 1.29 is 14.7 Å². The van der Waals surface area contributed by atoms with Crippen molar-refractivity contribution in [2.45, 2.75) is 25.4 Å². The van der Waals surface area contributed by atoms with Crippen molar-refractivity contribution in [1.29, 1.82) is 0 Å². The van der Waals surface area contributed by atoms with Crippen LogP contribution in [0.3, 0.4) is 0 Å². The highest BCUT2D eigenvalue weighted by molar-refractivity contribution is 9.10. The van der Waals surface area contributed by atoms with E-state index in [9.17, 15) is 14.7 Å². The van der Waals surface area contributed by atoms with Crippen molar-refractivity contribution >= 4 is 50.2 Å². The van der Waals surface area contributed by atoms with Gasteiger partial charge in [-0.3, -0.25) is 14.5 Å². The van der Waals surface area contributed by atoms with Crippen molar-refractivity contribution in [3.05, 3.63) is 81.3 Å². The van der Waals surface area contributed by atoms with E-state index in [1.165, 1.54) is 0 Å². The van der Waals surface area contributed by atoms with Gasteiger partial charge in [0.05, 0.1) is 12.6 Å². The third-order valence-corrected chi connectivity index (χ3v) is 7.07. The molecule has 0 bridgehead atoms. The molecule has 1 N–H and O–H groups in total. The van der Waals surface area contributed by atoms with Crippen LogP contribution >= 0.6 is 27.5 Å². The average molecular weight is 516 g/mol. The number of halogens is 2. The Morgan fingerprint density at radius 2 is 1.88 bits per heavy atom. The van der Waals surface area contributed by atoms with Gasteiger partial charge in [-0.25, -0.2) is 0 Å². The van der Waals surface area contributed by atoms with Gasteiger partial charge in [0.15, 0.2) is 0 Å². The summed E-state index contributed by atoms with van der Waals surface area (Å²) in [5.41, 5.74) is 1.85. The molecule has 0 spiro atoms. The number of carboxylic acids is 1. The molecule has 2 atom stereocenters. The fourth-order valence-corrected chi connectivity index (χ4v) is 5.35. The van der Waals surface area contributed by atoms with Gasteiger partial charge in [-0.1, -0.05) is 76.9 Å². The molecule has 3 aromatic carbocycles. The number of carbonyl (C=O) groups is 2. The second kappa shape index (κ2) is 9.61. The number of aliphatic carboxylic acids is 1. The van der Waals surface area contributed by atoms with Crippen LogP contribution in [0.4, 0.5) is 0 Å². The van der Waals surface area contributed by atoms with Crippen LogP contribution in [-0.2, 0) is 16.0 Å². The lowest BCUT2D eigenvalue weighted by Crippen LogP contribution is -2.60. The Balaban J connectivity index is 1.73. The fraction of sp³-hybridized carbons (Fsp3) is 0.280. The molecular formula is C25H24BrClN2O3. The normalized spacial score (nSPS) is 19.5. The standard InChI is InChI=1S/C25H24BrClN2O3/c1-2-28-15-22(30)29(12-11-17-9-10-20(27)14-21(17)26)23(24(28)25(31)32)19-8-7-16-5-3-4-6-18(16)13-19/h3-10,13-14,23-24H,2,11-12,15H2,1H3,(H,31,32). The van der Waals surface area contributed by atoms with Gasteiger partial charge in [-0.15, -0.1) is 0 Å². The molecule has 7 heteroatoms. The number of hydrogen-bond acceptors (Lipinski definition) is 3. The highest BCUT2D eigenvalue weighted by Gasteiger charge is 2.44. The lowest BCUT2D eigenvalue weighted by molar-refractivity contribution is -0.157. The minimum absolute atomic E-state index is 0.0624. The third-order valence-electron chi connectivity index (χ3n) is 6.10. The van der Waals surface area contributed by atoms with Crippen LogP contribution in [0.1, 0.15) is 24.1 Å². The second-order valence-corrected chi connectivity index (χ2v) is 9.26. The van der Waals surface area contributed by atoms with Crippen LogP contribution in [-0.4, -0.2) is 52.5 Å². The van der Waals surface area contributed by atoms with Gasteiger partial charge in [-0.05, 0) is 53.1 Å². The first-order chi connectivity index (χ1) is 15.4. The minimum atomic E-state index is -0.921. The predicted octanol–water partition coefficient (Wildman–Crippen LogP) is 5.16. The van der Waals surface area contributed by atoms with E-state index < -0.39 is 18.1 Å². The number of benzene rings is 3. The molecule has 0 saturated carbocycles. The Morgan fingerprint density at radius 1 is 1.12 bits per heavy atom. The summed E-state index contributed by atoms with van der Waals surface area (Å²) in [5, 5.41) is 12.9. The molecule has 0 aromatic heterocycles. The number of hydrogen-bond donors (Lipinski definition) is 1. The highest BCUT2D eigenvalue weighted by Crippen LogP contribution is 2.34. The highest BCUT2D eigenvalue weighted by atomic mass is 79.9. The number of carboxylic acid groups (broad SMARTS) is 1. The van der Waals surface area contributed by atoms with Crippen molar-refractivity contribution in [1.82, 2.24) is 9.80 Å². The monoisotopic (exact) mass is 514 g/mol. The summed E-state index contributed by atoms with van der Waals surface area (Å²) in [6.07, 6.45) is 0.589. The molecule has 4 rings (SSSR count). The maximum Gasteiger partial charge on any atom is 0.323 e. The zero-order valence-corrected chi connectivity index (χ0v) is 20.0. The van der Waals surface area contributed by atoms with E-state index in [0.29, 0.717) is 24.5 Å². The summed E-state index contributed by atoms with van der Waals surface area (Å²) in [7, 11) is 0. The number of fused-ring (bicyclic) bond motifs is 1. The van der Waals surface area contributed by atoms with Crippen LogP contribution in [0.25, 0.3) is 10.8 Å². The van der Waals surface area contributed by atoms with Gasteiger partial charge in [0.25, 0.3) is 0 Å². The van der Waals surface area contributed by atoms with Crippen LogP contribution in [0.5, 0.6) is 0 Å². The summed E-state index contributed by atoms with van der Waals surface area (Å²) in [4.78, 5) is 29.1. The van der Waals surface area contributed by atoms with Crippen molar-refractivity contribution in [2.75, 3.05) is 19.6 Å². The first kappa shape index (κ1) is 22.8. The minimum Gasteiger partial charge on any atom is -0.480 e. The molecule has 32 heavy (non-hydrogen) atoms. The van der Waals surface area contributed by atoms with E-state index in [4.69, 9.17) is 11.6 Å². The van der Waals surface area contributed by atoms with Gasteiger partial charge in [-0.2, -0.15) is 0 Å². The number of likely N-dealkylation sites (N-methyl/N-ethyl adjacent to an activating group) is 1. The second-order valence-electron chi connectivity index (χ2n) is 7.97. The molecule has 2 unspecified atom stereocenters. The Morgan fingerprint density at radius 3 is 2.56 bits per heavy atom. The number of piperazine rings is 1. The van der Waals surface area contributed by atoms with Gasteiger partial charge in [0, 0.05) is 16.0 Å². The van der Waals surface area contributed by atoms with Crippen molar-refractivity contribution in [3.63, 3.8) is 0 Å². The van der Waals surface area contributed by atoms with Crippen LogP contribution in [0.2, 0.25) is 5.02 Å². The Kier molecular flexibility index (Phi) is 6.84. The van der Waals surface area contributed by atoms with Gasteiger partial charge >= 0.3 is 5.97 Å². The number of amides is 1. The van der Waals surface area contributed by atoms with Gasteiger partial charge in [0.2, 0.25) is 5.91 Å². The molecule has 1 saturated heterocycles. The summed E-state index contributed by atoms with van der Waals surface area (Å²) in [6, 6.07) is 18.1. The number of rotatable bonds is 6. The molecule has 1 aliphatic heterocycles. The first-order valence-electron chi connectivity index (χ1n) is 10.6. The molecule has 0 radical (unpaired) electrons. The molecule has 1 amide bonds. The predicted molar refractivity (Wildman–Crippen MR) is 130 cm³/mol. The van der Waals surface area contributed by atoms with Crippen LogP contribution in [0.15, 0.2) is 65.1 Å². The lowest BCUT2D eigenvalue weighted by atomic mass is 9.91. The van der Waals surface area contributed by atoms with Crippen LogP contribution in [0, 0.1) is 0 Å². The van der Waals surface area contributed by atoms with E-state index >= 15 is 0 Å². The molecule has 0 aliphatic carbocycles. The van der Waals surface area contributed by atoms with Gasteiger partial charge < -0.3 is 10.0 Å². The third kappa shape index (κ3) is 4.53. The van der Waals surface area contributed by atoms with Gasteiger partial charge in [0.1, 0.15) is 6.04 Å². The van der Waals surface area contributed by atoms with Crippen LogP contribution < -0.4 is 0 Å². The summed E-state index contributed by atoms with van der Waals surface area (Å²) in [5.74, 6) is -0.984. The zero-order chi connectivity index (χ0) is 22.8. The quantitative estimate of drug-likeness (QED) is 0.493. The molecule has 5 nitrogen and oxygen atoms in total. The fourth-order valence-electron chi connectivity index (χ4n) is 4.47. The zero-order valence-electron chi connectivity index (χ0n) is 17.7. The number of carbonyl (C=O) groups excluding carboxylic acids is 1. The summed E-state index contributed by atoms with van der Waals surface area (Å²) < 4.78 is 0.877. The molecular weight excluding hydrogens is 492 g/mol. The smallest absolute Gasteiger partial charge is 0.323 e. The summed E-state index contributed by atoms with van der Waals surface area (Å²) >= 11 is 9.60. The SMILES string of the molecule is CCN1CC(=O)N(CCc2ccc(Cl)cc2Br)C(c2ccc3ccccc3c2)C1C(=O)O.